The van der Waals surface area contributed by atoms with Gasteiger partial charge in [-0.3, -0.25) is 19.0 Å². The number of benzene rings is 1. The highest BCUT2D eigenvalue weighted by atomic mass is 32.2. The Bertz CT molecular complexity index is 1260. The number of ether oxygens (including phenoxy) is 1. The van der Waals surface area contributed by atoms with E-state index in [9.17, 15) is 14.4 Å². The largest absolute Gasteiger partial charge is 0.479 e. The Morgan fingerprint density at radius 3 is 2.74 bits per heavy atom. The summed E-state index contributed by atoms with van der Waals surface area (Å²) in [5.41, 5.74) is 0.730. The molecule has 0 radical (unpaired) electrons. The number of likely N-dealkylation sites (N-methyl/N-ethyl adjacent to an activating group) is 1. The molecule has 0 saturated heterocycles. The van der Waals surface area contributed by atoms with Gasteiger partial charge in [-0.05, 0) is 50.8 Å². The van der Waals surface area contributed by atoms with Gasteiger partial charge in [0, 0.05) is 17.5 Å². The molecule has 0 aliphatic carbocycles. The summed E-state index contributed by atoms with van der Waals surface area (Å²) in [5.74, 6) is 0.144. The number of aryl methyl sites for hydroxylation is 1. The van der Waals surface area contributed by atoms with E-state index < -0.39 is 12.1 Å². The zero-order valence-electron chi connectivity index (χ0n) is 18.0. The van der Waals surface area contributed by atoms with Crippen molar-refractivity contribution in [2.24, 2.45) is 0 Å². The third-order valence-electron chi connectivity index (χ3n) is 5.50. The molecule has 2 atom stereocenters. The van der Waals surface area contributed by atoms with Gasteiger partial charge >= 0.3 is 0 Å². The van der Waals surface area contributed by atoms with Crippen LogP contribution in [0.5, 0.6) is 5.75 Å². The molecule has 1 aliphatic rings. The first kappa shape index (κ1) is 21.6. The number of carbonyl (C=O) groups is 2. The number of thioether (sulfide) groups is 1. The molecular formula is C22H23N3O4S2. The lowest BCUT2D eigenvalue weighted by molar-refractivity contribution is -0.125. The fraction of sp³-hybridized carbons (Fsp3) is 0.364. The first-order valence-electron chi connectivity index (χ1n) is 9.98. The second-order valence-corrected chi connectivity index (χ2v) is 9.33. The molecule has 0 N–H and O–H groups in total. The highest BCUT2D eigenvalue weighted by Gasteiger charge is 2.30. The molecule has 0 fully saturated rings. The normalized spacial score (nSPS) is 16.9. The van der Waals surface area contributed by atoms with Gasteiger partial charge in [0.15, 0.2) is 17.0 Å². The number of fused-ring (bicyclic) bond motifs is 2. The predicted molar refractivity (Wildman–Crippen MR) is 124 cm³/mol. The fourth-order valence-corrected chi connectivity index (χ4v) is 5.34. The van der Waals surface area contributed by atoms with Crippen LogP contribution in [0.4, 0.5) is 5.69 Å². The van der Waals surface area contributed by atoms with Crippen LogP contribution >= 0.6 is 23.1 Å². The minimum Gasteiger partial charge on any atom is -0.479 e. The Kier molecular flexibility index (Phi) is 5.65. The average Bonchev–Trinajstić information content (AvgIpc) is 3.20. The monoisotopic (exact) mass is 457 g/mol. The summed E-state index contributed by atoms with van der Waals surface area (Å²) >= 11 is 2.85. The van der Waals surface area contributed by atoms with E-state index >= 15 is 0 Å². The maximum Gasteiger partial charge on any atom is 0.267 e. The minimum absolute atomic E-state index is 0.176. The van der Waals surface area contributed by atoms with Crippen molar-refractivity contribution in [3.8, 4) is 5.75 Å². The van der Waals surface area contributed by atoms with Crippen molar-refractivity contribution in [1.82, 2.24) is 9.55 Å². The zero-order chi connectivity index (χ0) is 22.4. The van der Waals surface area contributed by atoms with Crippen LogP contribution in [0.15, 0.2) is 34.2 Å². The van der Waals surface area contributed by atoms with E-state index in [0.717, 1.165) is 11.3 Å². The summed E-state index contributed by atoms with van der Waals surface area (Å²) < 4.78 is 7.11. The lowest BCUT2D eigenvalue weighted by Crippen LogP contribution is -2.42. The van der Waals surface area contributed by atoms with Crippen molar-refractivity contribution in [2.45, 2.75) is 44.5 Å². The molecule has 9 heteroatoms. The molecule has 1 amide bonds. The second-order valence-electron chi connectivity index (χ2n) is 7.44. The third-order valence-corrected chi connectivity index (χ3v) is 7.33. The number of carbonyl (C=O) groups excluding carboxylic acids is 2. The summed E-state index contributed by atoms with van der Waals surface area (Å²) in [5, 5.41) is 1.04. The van der Waals surface area contributed by atoms with E-state index in [4.69, 9.17) is 4.74 Å². The number of hydrogen-bond donors (Lipinski definition) is 0. The van der Waals surface area contributed by atoms with Crippen LogP contribution in [-0.2, 0) is 11.2 Å². The predicted octanol–water partition coefficient (Wildman–Crippen LogP) is 3.93. The lowest BCUT2D eigenvalue weighted by Gasteiger charge is -2.30. The molecule has 3 aromatic rings. The lowest BCUT2D eigenvalue weighted by atomic mass is 10.0. The van der Waals surface area contributed by atoms with Gasteiger partial charge in [0.05, 0.1) is 17.1 Å². The molecule has 7 nitrogen and oxygen atoms in total. The van der Waals surface area contributed by atoms with Gasteiger partial charge < -0.3 is 9.64 Å². The van der Waals surface area contributed by atoms with Gasteiger partial charge in [0.25, 0.3) is 11.5 Å². The number of anilines is 1. The molecule has 162 valence electrons. The van der Waals surface area contributed by atoms with E-state index in [1.54, 1.807) is 39.1 Å². The summed E-state index contributed by atoms with van der Waals surface area (Å²) in [7, 11) is 1.66. The summed E-state index contributed by atoms with van der Waals surface area (Å²) in [6.45, 7) is 5.43. The van der Waals surface area contributed by atoms with Crippen LogP contribution in [-0.4, -0.2) is 40.6 Å². The highest BCUT2D eigenvalue weighted by molar-refractivity contribution is 7.98. The van der Waals surface area contributed by atoms with Gasteiger partial charge in [-0.15, -0.1) is 11.3 Å². The summed E-state index contributed by atoms with van der Waals surface area (Å²) in [4.78, 5) is 46.8. The average molecular weight is 458 g/mol. The number of aromatic nitrogens is 2. The first-order chi connectivity index (χ1) is 14.8. The number of Topliss-reactive ketones (excluding diaryl/α,β-unsaturated/α-hetero) is 1. The number of amides is 1. The van der Waals surface area contributed by atoms with Crippen molar-refractivity contribution in [3.63, 3.8) is 0 Å². The van der Waals surface area contributed by atoms with Crippen LogP contribution < -0.4 is 15.2 Å². The maximum atomic E-state index is 13.4. The molecule has 3 heterocycles. The highest BCUT2D eigenvalue weighted by Crippen LogP contribution is 2.35. The standard InChI is InChI=1S/C22H23N3O4S2/c1-6-14-10-15-19(31-14)23-22(30-5)25(21(15)28)11(2)18(26)13-7-8-17-16(9-13)24(4)20(27)12(3)29-17/h7-12H,6H2,1-5H3. The maximum absolute atomic E-state index is 13.4. The quantitative estimate of drug-likeness (QED) is 0.328. The van der Waals surface area contributed by atoms with E-state index in [2.05, 4.69) is 4.98 Å². The number of rotatable bonds is 5. The van der Waals surface area contributed by atoms with E-state index in [-0.39, 0.29) is 17.2 Å². The second kappa shape index (κ2) is 8.12. The molecule has 2 aromatic heterocycles. The van der Waals surface area contributed by atoms with Crippen molar-refractivity contribution in [2.75, 3.05) is 18.2 Å². The first-order valence-corrected chi connectivity index (χ1v) is 12.0. The smallest absolute Gasteiger partial charge is 0.267 e. The number of ketones is 1. The van der Waals surface area contributed by atoms with Crippen molar-refractivity contribution in [3.05, 3.63) is 45.1 Å². The topological polar surface area (TPSA) is 81.5 Å². The minimum atomic E-state index is -0.751. The Hall–Kier alpha value is -2.65. The van der Waals surface area contributed by atoms with E-state index in [1.807, 2.05) is 19.2 Å². The Morgan fingerprint density at radius 1 is 1.32 bits per heavy atom. The zero-order valence-corrected chi connectivity index (χ0v) is 19.6. The molecule has 1 aliphatic heterocycles. The van der Waals surface area contributed by atoms with Gasteiger partial charge in [-0.25, -0.2) is 4.98 Å². The molecule has 0 saturated carbocycles. The molecule has 31 heavy (non-hydrogen) atoms. The van der Waals surface area contributed by atoms with Crippen LogP contribution in [0.25, 0.3) is 10.2 Å². The summed E-state index contributed by atoms with van der Waals surface area (Å²) in [6.07, 6.45) is 2.09. The Morgan fingerprint density at radius 2 is 2.06 bits per heavy atom. The number of hydrogen-bond acceptors (Lipinski definition) is 7. The van der Waals surface area contributed by atoms with Gasteiger partial charge in [-0.2, -0.15) is 0 Å². The molecule has 0 spiro atoms. The van der Waals surface area contributed by atoms with E-state index in [0.29, 0.717) is 32.4 Å². The van der Waals surface area contributed by atoms with Gasteiger partial charge in [0.1, 0.15) is 10.6 Å². The van der Waals surface area contributed by atoms with Crippen molar-refractivity contribution >= 4 is 50.7 Å². The molecule has 1 aromatic carbocycles. The molecule has 0 bridgehead atoms. The van der Waals surface area contributed by atoms with Crippen LogP contribution in [0.2, 0.25) is 0 Å². The Labute approximate surface area is 188 Å². The van der Waals surface area contributed by atoms with E-state index in [1.165, 1.54) is 32.6 Å². The van der Waals surface area contributed by atoms with Crippen LogP contribution in [0.3, 0.4) is 0 Å². The SMILES string of the molecule is CCc1cc2c(=O)n(C(C)C(=O)c3ccc4c(c3)N(C)C(=O)C(C)O4)c(SC)nc2s1. The Balaban J connectivity index is 1.77. The molecular weight excluding hydrogens is 434 g/mol. The van der Waals surface area contributed by atoms with Crippen molar-refractivity contribution in [1.29, 1.82) is 0 Å². The van der Waals surface area contributed by atoms with Gasteiger partial charge in [-0.1, -0.05) is 18.7 Å². The number of thiophene rings is 1. The molecule has 2 unspecified atom stereocenters. The van der Waals surface area contributed by atoms with Gasteiger partial charge in [0.2, 0.25) is 0 Å². The van der Waals surface area contributed by atoms with Crippen LogP contribution in [0, 0.1) is 0 Å². The third kappa shape index (κ3) is 3.55. The fourth-order valence-electron chi connectivity index (χ4n) is 3.71. The number of nitrogens with zero attached hydrogens (tertiary/aromatic N) is 3. The van der Waals surface area contributed by atoms with Crippen molar-refractivity contribution < 1.29 is 14.3 Å². The molecule has 4 rings (SSSR count). The van der Waals surface area contributed by atoms with Crippen LogP contribution in [0.1, 0.15) is 42.0 Å². The summed E-state index contributed by atoms with van der Waals surface area (Å²) in [6, 6.07) is 6.13.